The number of carbonyl (C=O) groups excluding carboxylic acids is 1. The van der Waals surface area contributed by atoms with Crippen molar-refractivity contribution in [1.29, 1.82) is 0 Å². The van der Waals surface area contributed by atoms with E-state index in [4.69, 9.17) is 17.3 Å². The second kappa shape index (κ2) is 6.35. The molecule has 1 aliphatic heterocycles. The summed E-state index contributed by atoms with van der Waals surface area (Å²) in [6.45, 7) is 1.17. The molecular weight excluding hydrogens is 267 g/mol. The van der Waals surface area contributed by atoms with E-state index in [-0.39, 0.29) is 22.5 Å². The van der Waals surface area contributed by atoms with Crippen LogP contribution >= 0.6 is 11.6 Å². The van der Waals surface area contributed by atoms with Crippen LogP contribution in [0.3, 0.4) is 0 Å². The van der Waals surface area contributed by atoms with Crippen LogP contribution in [0.5, 0.6) is 0 Å². The van der Waals surface area contributed by atoms with E-state index in [1.807, 2.05) is 0 Å². The first-order valence-corrected chi connectivity index (χ1v) is 6.98. The lowest BCUT2D eigenvalue weighted by Crippen LogP contribution is -2.45. The highest BCUT2D eigenvalue weighted by Gasteiger charge is 2.29. The van der Waals surface area contributed by atoms with Gasteiger partial charge in [0.2, 0.25) is 0 Å². The van der Waals surface area contributed by atoms with Crippen molar-refractivity contribution in [3.8, 4) is 0 Å². The van der Waals surface area contributed by atoms with Crippen LogP contribution in [-0.2, 0) is 0 Å². The highest BCUT2D eigenvalue weighted by atomic mass is 35.5. The summed E-state index contributed by atoms with van der Waals surface area (Å²) in [5, 5.41) is 0.169. The minimum absolute atomic E-state index is 0.0203. The Labute approximate surface area is 117 Å². The van der Waals surface area contributed by atoms with Gasteiger partial charge in [0.1, 0.15) is 5.82 Å². The molecular formula is C14H18ClFN2O. The first-order valence-electron chi connectivity index (χ1n) is 6.60. The first kappa shape index (κ1) is 14.3. The highest BCUT2D eigenvalue weighted by molar-refractivity contribution is 6.33. The van der Waals surface area contributed by atoms with Gasteiger partial charge >= 0.3 is 0 Å². The molecule has 1 atom stereocenters. The Morgan fingerprint density at radius 3 is 2.95 bits per heavy atom. The Kier molecular flexibility index (Phi) is 4.77. The van der Waals surface area contributed by atoms with Crippen LogP contribution in [0, 0.1) is 5.82 Å². The lowest BCUT2D eigenvalue weighted by atomic mass is 9.98. The number of likely N-dealkylation sites (tertiary alicyclic amines) is 1. The number of rotatable bonds is 3. The van der Waals surface area contributed by atoms with Crippen molar-refractivity contribution in [3.05, 3.63) is 34.6 Å². The zero-order chi connectivity index (χ0) is 13.8. The molecule has 1 unspecified atom stereocenters. The molecule has 0 saturated carbocycles. The molecule has 1 amide bonds. The smallest absolute Gasteiger partial charge is 0.258 e. The zero-order valence-corrected chi connectivity index (χ0v) is 11.5. The summed E-state index contributed by atoms with van der Waals surface area (Å²) in [4.78, 5) is 14.2. The Hall–Kier alpha value is -1.13. The molecule has 0 aromatic heterocycles. The van der Waals surface area contributed by atoms with E-state index < -0.39 is 5.82 Å². The van der Waals surface area contributed by atoms with Crippen molar-refractivity contribution in [2.45, 2.75) is 31.7 Å². The van der Waals surface area contributed by atoms with E-state index in [0.717, 1.165) is 25.7 Å². The van der Waals surface area contributed by atoms with Crippen LogP contribution in [0.25, 0.3) is 0 Å². The lowest BCUT2D eigenvalue weighted by Gasteiger charge is -2.36. The third-order valence-corrected chi connectivity index (χ3v) is 3.88. The largest absolute Gasteiger partial charge is 0.335 e. The van der Waals surface area contributed by atoms with Crippen LogP contribution in [0.4, 0.5) is 4.39 Å². The van der Waals surface area contributed by atoms with Crippen molar-refractivity contribution >= 4 is 17.5 Å². The molecule has 5 heteroatoms. The topological polar surface area (TPSA) is 46.3 Å². The number of piperidine rings is 1. The van der Waals surface area contributed by atoms with Gasteiger partial charge < -0.3 is 10.6 Å². The number of amides is 1. The molecule has 1 aromatic rings. The van der Waals surface area contributed by atoms with Crippen LogP contribution in [-0.4, -0.2) is 29.9 Å². The molecule has 0 bridgehead atoms. The minimum Gasteiger partial charge on any atom is -0.335 e. The molecule has 19 heavy (non-hydrogen) atoms. The molecule has 3 nitrogen and oxygen atoms in total. The van der Waals surface area contributed by atoms with E-state index in [0.29, 0.717) is 13.1 Å². The average Bonchev–Trinajstić information content (AvgIpc) is 2.39. The lowest BCUT2D eigenvalue weighted by molar-refractivity contribution is 0.0600. The van der Waals surface area contributed by atoms with Crippen molar-refractivity contribution < 1.29 is 9.18 Å². The predicted octanol–water partition coefficient (Wildman–Crippen LogP) is 2.82. The van der Waals surface area contributed by atoms with Gasteiger partial charge in [-0.25, -0.2) is 4.39 Å². The third kappa shape index (κ3) is 3.07. The zero-order valence-electron chi connectivity index (χ0n) is 10.7. The van der Waals surface area contributed by atoms with E-state index in [9.17, 15) is 9.18 Å². The molecule has 104 valence electrons. The Morgan fingerprint density at radius 2 is 2.26 bits per heavy atom. The van der Waals surface area contributed by atoms with E-state index in [2.05, 4.69) is 0 Å². The average molecular weight is 285 g/mol. The summed E-state index contributed by atoms with van der Waals surface area (Å²) in [6, 6.07) is 4.41. The molecule has 1 aromatic carbocycles. The fourth-order valence-electron chi connectivity index (χ4n) is 2.61. The fraction of sp³-hybridized carbons (Fsp3) is 0.500. The van der Waals surface area contributed by atoms with Crippen LogP contribution in [0.1, 0.15) is 36.0 Å². The number of nitrogens with two attached hydrogens (primary N) is 1. The second-order valence-corrected chi connectivity index (χ2v) is 5.23. The Morgan fingerprint density at radius 1 is 1.47 bits per heavy atom. The van der Waals surface area contributed by atoms with Crippen molar-refractivity contribution in [1.82, 2.24) is 4.90 Å². The van der Waals surface area contributed by atoms with Crippen molar-refractivity contribution in [2.75, 3.05) is 13.1 Å². The Bertz CT molecular complexity index is 445. The van der Waals surface area contributed by atoms with Gasteiger partial charge in [-0.2, -0.15) is 0 Å². The van der Waals surface area contributed by atoms with Crippen LogP contribution < -0.4 is 5.73 Å². The maximum atomic E-state index is 13.8. The van der Waals surface area contributed by atoms with E-state index >= 15 is 0 Å². The third-order valence-electron chi connectivity index (χ3n) is 3.56. The molecule has 1 heterocycles. The van der Waals surface area contributed by atoms with Gasteiger partial charge in [0.25, 0.3) is 5.91 Å². The molecule has 2 rings (SSSR count). The van der Waals surface area contributed by atoms with Gasteiger partial charge in [0.15, 0.2) is 0 Å². The van der Waals surface area contributed by atoms with Crippen molar-refractivity contribution in [2.24, 2.45) is 5.73 Å². The first-order chi connectivity index (χ1) is 9.15. The maximum absolute atomic E-state index is 13.8. The summed E-state index contributed by atoms with van der Waals surface area (Å²) in [6.07, 6.45) is 3.70. The standard InChI is InChI=1S/C14H18ClFN2O/c15-11-5-3-6-12(16)13(11)14(19)18-9-2-1-4-10(18)7-8-17/h3,5-6,10H,1-2,4,7-9,17H2. The van der Waals surface area contributed by atoms with Gasteiger partial charge in [-0.05, 0) is 44.4 Å². The van der Waals surface area contributed by atoms with Gasteiger partial charge in [-0.1, -0.05) is 17.7 Å². The summed E-state index contributed by atoms with van der Waals surface area (Å²) in [5.74, 6) is -0.879. The van der Waals surface area contributed by atoms with E-state index in [1.54, 1.807) is 11.0 Å². The minimum atomic E-state index is -0.561. The second-order valence-electron chi connectivity index (χ2n) is 4.82. The molecule has 2 N–H and O–H groups in total. The van der Waals surface area contributed by atoms with Crippen molar-refractivity contribution in [3.63, 3.8) is 0 Å². The number of benzene rings is 1. The Balaban J connectivity index is 2.26. The molecule has 1 aliphatic rings. The molecule has 1 saturated heterocycles. The predicted molar refractivity (Wildman–Crippen MR) is 73.8 cm³/mol. The highest BCUT2D eigenvalue weighted by Crippen LogP contribution is 2.26. The molecule has 0 spiro atoms. The summed E-state index contributed by atoms with van der Waals surface area (Å²) in [5.41, 5.74) is 5.56. The normalized spacial score (nSPS) is 19.5. The van der Waals surface area contributed by atoms with Gasteiger partial charge in [0.05, 0.1) is 10.6 Å². The number of nitrogens with zero attached hydrogens (tertiary/aromatic N) is 1. The monoisotopic (exact) mass is 284 g/mol. The van der Waals surface area contributed by atoms with Crippen LogP contribution in [0.15, 0.2) is 18.2 Å². The maximum Gasteiger partial charge on any atom is 0.258 e. The number of hydrogen-bond acceptors (Lipinski definition) is 2. The van der Waals surface area contributed by atoms with Gasteiger partial charge in [0, 0.05) is 12.6 Å². The number of hydrogen-bond donors (Lipinski definition) is 1. The van der Waals surface area contributed by atoms with E-state index in [1.165, 1.54) is 12.1 Å². The summed E-state index contributed by atoms with van der Waals surface area (Å²) >= 11 is 5.96. The SMILES string of the molecule is NCCC1CCCCN1C(=O)c1c(F)cccc1Cl. The molecule has 0 aliphatic carbocycles. The quantitative estimate of drug-likeness (QED) is 0.928. The summed E-state index contributed by atoms with van der Waals surface area (Å²) in [7, 11) is 0. The summed E-state index contributed by atoms with van der Waals surface area (Å²) < 4.78 is 13.8. The van der Waals surface area contributed by atoms with Gasteiger partial charge in [-0.3, -0.25) is 4.79 Å². The molecule has 0 radical (unpaired) electrons. The van der Waals surface area contributed by atoms with Crippen LogP contribution in [0.2, 0.25) is 5.02 Å². The number of halogens is 2. The number of carbonyl (C=O) groups is 1. The fourth-order valence-corrected chi connectivity index (χ4v) is 2.85. The van der Waals surface area contributed by atoms with Gasteiger partial charge in [-0.15, -0.1) is 0 Å². The molecule has 1 fully saturated rings.